The molecular formula is C25H28N4O6. The van der Waals surface area contributed by atoms with Crippen molar-refractivity contribution in [3.63, 3.8) is 0 Å². The lowest BCUT2D eigenvalue weighted by atomic mass is 9.95. The number of H-pyrrole nitrogens is 1. The molecular weight excluding hydrogens is 452 g/mol. The molecule has 4 rings (SSSR count). The zero-order valence-corrected chi connectivity index (χ0v) is 19.9. The van der Waals surface area contributed by atoms with Gasteiger partial charge in [0.1, 0.15) is 0 Å². The average molecular weight is 481 g/mol. The monoisotopic (exact) mass is 480 g/mol. The smallest absolute Gasteiger partial charge is 0.272 e. The van der Waals surface area contributed by atoms with Gasteiger partial charge in [-0.3, -0.25) is 14.4 Å². The van der Waals surface area contributed by atoms with E-state index in [0.29, 0.717) is 65.3 Å². The summed E-state index contributed by atoms with van der Waals surface area (Å²) in [4.78, 5) is 39.5. The van der Waals surface area contributed by atoms with E-state index in [9.17, 15) is 14.4 Å². The van der Waals surface area contributed by atoms with Gasteiger partial charge < -0.3 is 24.4 Å². The number of anilines is 1. The lowest BCUT2D eigenvalue weighted by molar-refractivity contribution is -0.133. The van der Waals surface area contributed by atoms with Crippen LogP contribution in [0.1, 0.15) is 18.5 Å². The second-order valence-corrected chi connectivity index (χ2v) is 8.28. The van der Waals surface area contributed by atoms with Crippen molar-refractivity contribution in [3.8, 4) is 17.2 Å². The predicted octanol–water partition coefficient (Wildman–Crippen LogP) is 2.37. The molecule has 1 aliphatic rings. The molecule has 184 valence electrons. The summed E-state index contributed by atoms with van der Waals surface area (Å²) < 4.78 is 16.0. The van der Waals surface area contributed by atoms with Crippen LogP contribution in [0.15, 0.2) is 41.2 Å². The quantitative estimate of drug-likeness (QED) is 0.532. The maximum Gasteiger partial charge on any atom is 0.272 e. The zero-order valence-electron chi connectivity index (χ0n) is 19.9. The minimum atomic E-state index is -0.282. The number of rotatable bonds is 7. The third kappa shape index (κ3) is 5.06. The second kappa shape index (κ2) is 10.5. The number of nitrogens with zero attached hydrogens (tertiary/aromatic N) is 2. The molecule has 1 aliphatic heterocycles. The first-order chi connectivity index (χ1) is 16.9. The Morgan fingerprint density at radius 3 is 2.26 bits per heavy atom. The van der Waals surface area contributed by atoms with Gasteiger partial charge in [-0.2, -0.15) is 5.10 Å². The van der Waals surface area contributed by atoms with E-state index >= 15 is 0 Å². The van der Waals surface area contributed by atoms with Crippen LogP contribution in [0, 0.1) is 5.92 Å². The molecule has 0 spiro atoms. The zero-order chi connectivity index (χ0) is 24.9. The van der Waals surface area contributed by atoms with Gasteiger partial charge in [0.2, 0.25) is 17.6 Å². The number of piperidine rings is 1. The van der Waals surface area contributed by atoms with Crippen molar-refractivity contribution >= 4 is 28.3 Å². The normalized spacial score (nSPS) is 14.0. The highest BCUT2D eigenvalue weighted by Crippen LogP contribution is 2.40. The van der Waals surface area contributed by atoms with Gasteiger partial charge >= 0.3 is 0 Å². The van der Waals surface area contributed by atoms with Crippen molar-refractivity contribution in [2.75, 3.05) is 39.7 Å². The number of carbonyl (C=O) groups is 2. The Morgan fingerprint density at radius 2 is 1.66 bits per heavy atom. The summed E-state index contributed by atoms with van der Waals surface area (Å²) in [5, 5.41) is 10.7. The number of carbonyl (C=O) groups excluding carboxylic acids is 2. The Labute approximate surface area is 202 Å². The average Bonchev–Trinajstić information content (AvgIpc) is 2.89. The van der Waals surface area contributed by atoms with E-state index in [1.807, 2.05) is 6.07 Å². The number of fused-ring (bicyclic) bond motifs is 1. The molecule has 10 heteroatoms. The molecule has 0 aliphatic carbocycles. The molecule has 0 unspecified atom stereocenters. The fourth-order valence-electron chi connectivity index (χ4n) is 4.35. The molecule has 3 aromatic rings. The number of amides is 2. The summed E-state index contributed by atoms with van der Waals surface area (Å²) in [6, 6.07) is 10.5. The number of likely N-dealkylation sites (tertiary alicyclic amines) is 1. The van der Waals surface area contributed by atoms with Gasteiger partial charge in [-0.1, -0.05) is 18.2 Å². The second-order valence-electron chi connectivity index (χ2n) is 8.28. The Hall–Kier alpha value is -4.08. The SMILES string of the molecule is COc1cc(NC(=O)C2CCN(C(=O)Cc3n[nH]c(=O)c4ccccc34)CC2)cc(OC)c1OC. The first kappa shape index (κ1) is 24.1. The van der Waals surface area contributed by atoms with Crippen molar-refractivity contribution in [3.05, 3.63) is 52.4 Å². The molecule has 1 saturated heterocycles. The van der Waals surface area contributed by atoms with Crippen molar-refractivity contribution in [1.29, 1.82) is 0 Å². The molecule has 0 radical (unpaired) electrons. The van der Waals surface area contributed by atoms with Crippen LogP contribution in [0.25, 0.3) is 10.8 Å². The van der Waals surface area contributed by atoms with Crippen LogP contribution in [0.2, 0.25) is 0 Å². The van der Waals surface area contributed by atoms with E-state index in [2.05, 4.69) is 15.5 Å². The van der Waals surface area contributed by atoms with Gasteiger partial charge in [-0.15, -0.1) is 0 Å². The van der Waals surface area contributed by atoms with E-state index < -0.39 is 0 Å². The molecule has 0 bridgehead atoms. The van der Waals surface area contributed by atoms with Crippen LogP contribution >= 0.6 is 0 Å². The van der Waals surface area contributed by atoms with Crippen LogP contribution in [0.3, 0.4) is 0 Å². The Bertz CT molecular complexity index is 1270. The number of ether oxygens (including phenoxy) is 3. The minimum absolute atomic E-state index is 0.0829. The van der Waals surface area contributed by atoms with Gasteiger partial charge in [-0.05, 0) is 18.9 Å². The highest BCUT2D eigenvalue weighted by atomic mass is 16.5. The Balaban J connectivity index is 1.38. The fourth-order valence-corrected chi connectivity index (χ4v) is 4.35. The van der Waals surface area contributed by atoms with E-state index in [0.717, 1.165) is 0 Å². The molecule has 0 saturated carbocycles. The highest BCUT2D eigenvalue weighted by molar-refractivity contribution is 5.93. The minimum Gasteiger partial charge on any atom is -0.493 e. The van der Waals surface area contributed by atoms with Gasteiger partial charge in [0.25, 0.3) is 5.56 Å². The van der Waals surface area contributed by atoms with Crippen molar-refractivity contribution < 1.29 is 23.8 Å². The summed E-state index contributed by atoms with van der Waals surface area (Å²) >= 11 is 0. The van der Waals surface area contributed by atoms with E-state index in [1.54, 1.807) is 35.2 Å². The van der Waals surface area contributed by atoms with Gasteiger partial charge in [-0.25, -0.2) is 5.10 Å². The Morgan fingerprint density at radius 1 is 1.03 bits per heavy atom. The lowest BCUT2D eigenvalue weighted by Crippen LogP contribution is -2.42. The van der Waals surface area contributed by atoms with Gasteiger partial charge in [0.15, 0.2) is 11.5 Å². The highest BCUT2D eigenvalue weighted by Gasteiger charge is 2.28. The van der Waals surface area contributed by atoms with Crippen molar-refractivity contribution in [1.82, 2.24) is 15.1 Å². The lowest BCUT2D eigenvalue weighted by Gasteiger charge is -2.31. The summed E-state index contributed by atoms with van der Waals surface area (Å²) in [6.45, 7) is 0.931. The molecule has 2 amide bonds. The number of nitrogens with one attached hydrogen (secondary N) is 2. The van der Waals surface area contributed by atoms with Crippen LogP contribution in [-0.4, -0.2) is 61.3 Å². The van der Waals surface area contributed by atoms with Crippen LogP contribution in [0.5, 0.6) is 17.2 Å². The van der Waals surface area contributed by atoms with E-state index in [1.165, 1.54) is 21.3 Å². The molecule has 2 N–H and O–H groups in total. The first-order valence-corrected chi connectivity index (χ1v) is 11.3. The van der Waals surface area contributed by atoms with Crippen LogP contribution in [-0.2, 0) is 16.0 Å². The number of benzene rings is 2. The van der Waals surface area contributed by atoms with Crippen molar-refractivity contribution in [2.45, 2.75) is 19.3 Å². The summed E-state index contributed by atoms with van der Waals surface area (Å²) in [7, 11) is 4.55. The molecule has 0 atom stereocenters. The largest absolute Gasteiger partial charge is 0.493 e. The summed E-state index contributed by atoms with van der Waals surface area (Å²) in [6.07, 6.45) is 1.17. The standard InChI is InChI=1S/C25H28N4O6/c1-33-20-12-16(13-21(34-2)23(20)35-3)26-24(31)15-8-10-29(11-9-15)22(30)14-19-17-6-4-5-7-18(17)25(32)28-27-19/h4-7,12-13,15H,8-11,14H2,1-3H3,(H,26,31)(H,28,32). The topological polar surface area (TPSA) is 123 Å². The first-order valence-electron chi connectivity index (χ1n) is 11.3. The van der Waals surface area contributed by atoms with Crippen LogP contribution < -0.4 is 25.1 Å². The number of methoxy groups -OCH3 is 3. The van der Waals surface area contributed by atoms with Gasteiger partial charge in [0, 0.05) is 42.2 Å². The number of aromatic amines is 1. The molecule has 2 heterocycles. The molecule has 10 nitrogen and oxygen atoms in total. The third-order valence-electron chi connectivity index (χ3n) is 6.24. The van der Waals surface area contributed by atoms with E-state index in [-0.39, 0.29) is 29.7 Å². The molecule has 2 aromatic carbocycles. The summed E-state index contributed by atoms with van der Waals surface area (Å²) in [5.74, 6) is 0.907. The Kier molecular flexibility index (Phi) is 7.19. The molecule has 1 aromatic heterocycles. The number of hydrogen-bond donors (Lipinski definition) is 2. The van der Waals surface area contributed by atoms with Crippen LogP contribution in [0.4, 0.5) is 5.69 Å². The number of aromatic nitrogens is 2. The maximum absolute atomic E-state index is 12.9. The van der Waals surface area contributed by atoms with Gasteiger partial charge in [0.05, 0.1) is 38.8 Å². The fraction of sp³-hybridized carbons (Fsp3) is 0.360. The maximum atomic E-state index is 12.9. The third-order valence-corrected chi connectivity index (χ3v) is 6.24. The van der Waals surface area contributed by atoms with Crippen molar-refractivity contribution in [2.24, 2.45) is 5.92 Å². The van der Waals surface area contributed by atoms with E-state index in [4.69, 9.17) is 14.2 Å². The number of hydrogen-bond acceptors (Lipinski definition) is 7. The molecule has 35 heavy (non-hydrogen) atoms. The summed E-state index contributed by atoms with van der Waals surface area (Å²) in [5.41, 5.74) is 0.794. The molecule has 1 fully saturated rings. The predicted molar refractivity (Wildman–Crippen MR) is 130 cm³/mol.